The molecule has 0 bridgehead atoms. The van der Waals surface area contributed by atoms with Crippen LogP contribution in [-0.4, -0.2) is 16.9 Å². The van der Waals surface area contributed by atoms with Crippen molar-refractivity contribution in [2.45, 2.75) is 0 Å². The van der Waals surface area contributed by atoms with Crippen LogP contribution in [0.3, 0.4) is 0 Å². The van der Waals surface area contributed by atoms with Crippen molar-refractivity contribution in [3.63, 3.8) is 0 Å². The maximum absolute atomic E-state index is 5.17. The lowest BCUT2D eigenvalue weighted by molar-refractivity contribution is 0.414. The summed E-state index contributed by atoms with van der Waals surface area (Å²) in [6, 6.07) is 20.1. The summed E-state index contributed by atoms with van der Waals surface area (Å²) in [6.45, 7) is 0. The number of rotatable bonds is 3. The minimum Gasteiger partial charge on any atom is -0.497 e. The van der Waals surface area contributed by atoms with Crippen molar-refractivity contribution in [2.24, 2.45) is 0 Å². The minimum absolute atomic E-state index is 0.845. The Morgan fingerprint density at radius 1 is 0.895 bits per heavy atom. The number of aromatic nitrogens is 2. The highest BCUT2D eigenvalue weighted by molar-refractivity contribution is 5.61. The molecule has 0 amide bonds. The van der Waals surface area contributed by atoms with Crippen molar-refractivity contribution < 1.29 is 4.74 Å². The first-order chi connectivity index (χ1) is 9.38. The van der Waals surface area contributed by atoms with Crippen LogP contribution in [0, 0.1) is 0 Å². The molecule has 0 radical (unpaired) electrons. The van der Waals surface area contributed by atoms with E-state index in [-0.39, 0.29) is 0 Å². The molecule has 0 fully saturated rings. The Kier molecular flexibility index (Phi) is 3.02. The summed E-state index contributed by atoms with van der Waals surface area (Å²) in [7, 11) is 1.66. The molecule has 3 nitrogen and oxygen atoms in total. The van der Waals surface area contributed by atoms with Gasteiger partial charge in [0.25, 0.3) is 0 Å². The van der Waals surface area contributed by atoms with E-state index in [2.05, 4.69) is 17.2 Å². The molecule has 0 aliphatic heterocycles. The second-order valence-corrected chi connectivity index (χ2v) is 4.19. The average Bonchev–Trinajstić information content (AvgIpc) is 2.98. The quantitative estimate of drug-likeness (QED) is 0.710. The zero-order valence-electron chi connectivity index (χ0n) is 10.7. The Morgan fingerprint density at radius 2 is 1.63 bits per heavy atom. The number of methoxy groups -OCH3 is 1. The summed E-state index contributed by atoms with van der Waals surface area (Å²) < 4.78 is 7.10. The van der Waals surface area contributed by atoms with Crippen LogP contribution in [0.1, 0.15) is 0 Å². The van der Waals surface area contributed by atoms with E-state index in [0.29, 0.717) is 0 Å². The molecule has 0 aliphatic rings. The van der Waals surface area contributed by atoms with Gasteiger partial charge in [0.15, 0.2) is 0 Å². The van der Waals surface area contributed by atoms with Crippen molar-refractivity contribution in [1.82, 2.24) is 9.78 Å². The van der Waals surface area contributed by atoms with Crippen LogP contribution in [0.5, 0.6) is 5.75 Å². The van der Waals surface area contributed by atoms with Crippen LogP contribution >= 0.6 is 0 Å². The highest BCUT2D eigenvalue weighted by Crippen LogP contribution is 2.23. The van der Waals surface area contributed by atoms with Gasteiger partial charge in [-0.3, -0.25) is 0 Å². The molecule has 0 unspecified atom stereocenters. The van der Waals surface area contributed by atoms with Gasteiger partial charge in [-0.15, -0.1) is 0 Å². The molecule has 0 atom stereocenters. The lowest BCUT2D eigenvalue weighted by atomic mass is 10.1. The van der Waals surface area contributed by atoms with E-state index >= 15 is 0 Å². The summed E-state index contributed by atoms with van der Waals surface area (Å²) in [4.78, 5) is 0. The van der Waals surface area contributed by atoms with Gasteiger partial charge in [0.2, 0.25) is 0 Å². The zero-order chi connectivity index (χ0) is 13.1. The van der Waals surface area contributed by atoms with E-state index < -0.39 is 0 Å². The van der Waals surface area contributed by atoms with Crippen molar-refractivity contribution in [2.75, 3.05) is 7.11 Å². The highest BCUT2D eigenvalue weighted by atomic mass is 16.5. The Balaban J connectivity index is 2.04. The molecule has 0 saturated heterocycles. The molecule has 0 aliphatic carbocycles. The zero-order valence-corrected chi connectivity index (χ0v) is 10.7. The van der Waals surface area contributed by atoms with Crippen LogP contribution in [-0.2, 0) is 0 Å². The van der Waals surface area contributed by atoms with E-state index in [1.807, 2.05) is 59.4 Å². The normalized spacial score (nSPS) is 10.4. The second-order valence-electron chi connectivity index (χ2n) is 4.19. The fraction of sp³-hybridized carbons (Fsp3) is 0.0625. The fourth-order valence-corrected chi connectivity index (χ4v) is 2.06. The van der Waals surface area contributed by atoms with Crippen molar-refractivity contribution in [3.05, 3.63) is 66.9 Å². The number of ether oxygens (including phenoxy) is 1. The monoisotopic (exact) mass is 250 g/mol. The Bertz CT molecular complexity index is 657. The Labute approximate surface area is 112 Å². The molecule has 0 saturated carbocycles. The van der Waals surface area contributed by atoms with Crippen molar-refractivity contribution >= 4 is 0 Å². The smallest absolute Gasteiger partial charge is 0.119 e. The molecule has 3 aromatic rings. The van der Waals surface area contributed by atoms with Gasteiger partial charge in [-0.05, 0) is 30.3 Å². The summed E-state index contributed by atoms with van der Waals surface area (Å²) in [5.74, 6) is 0.845. The molecule has 0 N–H and O–H groups in total. The van der Waals surface area contributed by atoms with Gasteiger partial charge < -0.3 is 4.74 Å². The Hall–Kier alpha value is -2.55. The lowest BCUT2D eigenvalue weighted by Crippen LogP contribution is -1.98. The molecular weight excluding hydrogens is 236 g/mol. The fourth-order valence-electron chi connectivity index (χ4n) is 2.06. The van der Waals surface area contributed by atoms with Crippen molar-refractivity contribution in [3.8, 4) is 22.7 Å². The summed E-state index contributed by atoms with van der Waals surface area (Å²) in [6.07, 6.45) is 1.81. The molecule has 19 heavy (non-hydrogen) atoms. The number of benzene rings is 2. The first-order valence-electron chi connectivity index (χ1n) is 6.12. The molecule has 1 heterocycles. The minimum atomic E-state index is 0.845. The maximum atomic E-state index is 5.17. The number of hydrogen-bond donors (Lipinski definition) is 0. The van der Waals surface area contributed by atoms with E-state index in [1.54, 1.807) is 7.11 Å². The number of hydrogen-bond acceptors (Lipinski definition) is 2. The van der Waals surface area contributed by atoms with Gasteiger partial charge in [-0.2, -0.15) is 5.10 Å². The summed E-state index contributed by atoms with van der Waals surface area (Å²) in [5, 5.41) is 4.39. The largest absolute Gasteiger partial charge is 0.497 e. The number of nitrogens with zero attached hydrogens (tertiary/aromatic N) is 2. The third-order valence-corrected chi connectivity index (χ3v) is 3.03. The third-order valence-electron chi connectivity index (χ3n) is 3.03. The van der Waals surface area contributed by atoms with Crippen LogP contribution in [0.25, 0.3) is 16.9 Å². The predicted molar refractivity (Wildman–Crippen MR) is 75.6 cm³/mol. The topological polar surface area (TPSA) is 27.1 Å². The van der Waals surface area contributed by atoms with Crippen LogP contribution in [0.15, 0.2) is 66.9 Å². The summed E-state index contributed by atoms with van der Waals surface area (Å²) in [5.41, 5.74) is 3.24. The molecular formula is C16H14N2O. The van der Waals surface area contributed by atoms with Gasteiger partial charge in [0.1, 0.15) is 5.75 Å². The predicted octanol–water partition coefficient (Wildman–Crippen LogP) is 3.55. The highest BCUT2D eigenvalue weighted by Gasteiger charge is 2.06. The molecule has 2 aromatic carbocycles. The van der Waals surface area contributed by atoms with Gasteiger partial charge in [-0.25, -0.2) is 4.68 Å². The summed E-state index contributed by atoms with van der Waals surface area (Å²) >= 11 is 0. The standard InChI is InChI=1S/C16H14N2O/c1-19-15-9-7-14(8-10-15)18-16(11-12-17-18)13-5-3-2-4-6-13/h2-12H,1H3. The molecule has 0 spiro atoms. The van der Waals surface area contributed by atoms with Gasteiger partial charge >= 0.3 is 0 Å². The van der Waals surface area contributed by atoms with Gasteiger partial charge in [0, 0.05) is 5.56 Å². The average molecular weight is 250 g/mol. The van der Waals surface area contributed by atoms with E-state index in [0.717, 1.165) is 22.7 Å². The maximum Gasteiger partial charge on any atom is 0.119 e. The SMILES string of the molecule is COc1ccc(-n2nccc2-c2ccccc2)cc1. The van der Waals surface area contributed by atoms with Gasteiger partial charge in [0.05, 0.1) is 24.7 Å². The van der Waals surface area contributed by atoms with Crippen LogP contribution in [0.4, 0.5) is 0 Å². The molecule has 3 rings (SSSR count). The van der Waals surface area contributed by atoms with Crippen LogP contribution < -0.4 is 4.74 Å². The van der Waals surface area contributed by atoms with Gasteiger partial charge in [-0.1, -0.05) is 30.3 Å². The Morgan fingerprint density at radius 3 is 2.32 bits per heavy atom. The lowest BCUT2D eigenvalue weighted by Gasteiger charge is -2.08. The van der Waals surface area contributed by atoms with E-state index in [4.69, 9.17) is 4.74 Å². The van der Waals surface area contributed by atoms with Crippen LogP contribution in [0.2, 0.25) is 0 Å². The van der Waals surface area contributed by atoms with E-state index in [1.165, 1.54) is 0 Å². The third kappa shape index (κ3) is 2.22. The van der Waals surface area contributed by atoms with E-state index in [9.17, 15) is 0 Å². The first-order valence-corrected chi connectivity index (χ1v) is 6.12. The second kappa shape index (κ2) is 4.98. The molecule has 3 heteroatoms. The molecule has 1 aromatic heterocycles. The first kappa shape index (κ1) is 11.5. The molecule has 94 valence electrons. The van der Waals surface area contributed by atoms with Crippen molar-refractivity contribution in [1.29, 1.82) is 0 Å².